The lowest BCUT2D eigenvalue weighted by Crippen LogP contribution is -2.28. The summed E-state index contributed by atoms with van der Waals surface area (Å²) < 4.78 is 0. The second-order valence-corrected chi connectivity index (χ2v) is 4.74. The summed E-state index contributed by atoms with van der Waals surface area (Å²) in [4.78, 5) is 0. The lowest BCUT2D eigenvalue weighted by atomic mass is 10.1. The van der Waals surface area contributed by atoms with Crippen LogP contribution in [0.2, 0.25) is 0 Å². The van der Waals surface area contributed by atoms with Gasteiger partial charge in [-0.15, -0.1) is 0 Å². The summed E-state index contributed by atoms with van der Waals surface area (Å²) in [6.45, 7) is 0.819. The summed E-state index contributed by atoms with van der Waals surface area (Å²) in [7, 11) is 0. The van der Waals surface area contributed by atoms with Crippen molar-refractivity contribution in [3.8, 4) is 11.8 Å². The second-order valence-electron chi connectivity index (χ2n) is 4.74. The molecule has 0 amide bonds. The van der Waals surface area contributed by atoms with Crippen molar-refractivity contribution in [3.63, 3.8) is 0 Å². The highest BCUT2D eigenvalue weighted by molar-refractivity contribution is 5.33. The van der Waals surface area contributed by atoms with Crippen LogP contribution >= 0.6 is 0 Å². The van der Waals surface area contributed by atoms with Crippen molar-refractivity contribution in [3.05, 3.63) is 35.9 Å². The van der Waals surface area contributed by atoms with E-state index in [0.29, 0.717) is 6.04 Å². The fraction of sp³-hybridized carbons (Fsp3) is 0.500. The van der Waals surface area contributed by atoms with Gasteiger partial charge in [0.15, 0.2) is 0 Å². The summed E-state index contributed by atoms with van der Waals surface area (Å²) in [5.74, 6) is 6.40. The highest BCUT2D eigenvalue weighted by Crippen LogP contribution is 2.16. The van der Waals surface area contributed by atoms with Crippen molar-refractivity contribution in [2.24, 2.45) is 0 Å². The van der Waals surface area contributed by atoms with E-state index in [1.165, 1.54) is 38.5 Å². The van der Waals surface area contributed by atoms with Crippen molar-refractivity contribution in [2.75, 3.05) is 6.54 Å². The first-order chi connectivity index (χ1) is 8.45. The third-order valence-electron chi connectivity index (χ3n) is 3.34. The third-order valence-corrected chi connectivity index (χ3v) is 3.34. The Hall–Kier alpha value is -1.26. The number of hydrogen-bond acceptors (Lipinski definition) is 1. The minimum atomic E-state index is 0.697. The molecule has 1 aliphatic rings. The van der Waals surface area contributed by atoms with Crippen LogP contribution in [0.25, 0.3) is 0 Å². The highest BCUT2D eigenvalue weighted by Gasteiger charge is 2.09. The predicted octanol–water partition coefficient (Wildman–Crippen LogP) is 3.35. The lowest BCUT2D eigenvalue weighted by Gasteiger charge is -2.13. The van der Waals surface area contributed by atoms with E-state index in [4.69, 9.17) is 0 Å². The minimum absolute atomic E-state index is 0.697. The summed E-state index contributed by atoms with van der Waals surface area (Å²) in [6, 6.07) is 10.9. The minimum Gasteiger partial charge on any atom is -0.303 e. The van der Waals surface area contributed by atoms with Crippen LogP contribution in [0.1, 0.15) is 44.1 Å². The van der Waals surface area contributed by atoms with E-state index in [2.05, 4.69) is 29.3 Å². The fourth-order valence-electron chi connectivity index (χ4n) is 2.35. The number of rotatable bonds is 2. The zero-order valence-electron chi connectivity index (χ0n) is 10.4. The van der Waals surface area contributed by atoms with Gasteiger partial charge in [0.2, 0.25) is 0 Å². The van der Waals surface area contributed by atoms with Crippen molar-refractivity contribution in [2.45, 2.75) is 44.6 Å². The van der Waals surface area contributed by atoms with Crippen LogP contribution in [0.5, 0.6) is 0 Å². The number of nitrogens with one attached hydrogen (secondary N) is 1. The third kappa shape index (κ3) is 4.63. The standard InChI is InChI=1S/C16H21N/c1-2-7-13-16(12-6-1)17-14-8-11-15-9-4-3-5-10-15/h3-5,9-10,16-17H,1-2,6-7,12-14H2. The molecule has 1 nitrogen and oxygen atoms in total. The Morgan fingerprint density at radius 1 is 1.00 bits per heavy atom. The van der Waals surface area contributed by atoms with E-state index in [1.54, 1.807) is 0 Å². The molecule has 0 radical (unpaired) electrons. The molecular weight excluding hydrogens is 206 g/mol. The zero-order valence-corrected chi connectivity index (χ0v) is 10.4. The van der Waals surface area contributed by atoms with Gasteiger partial charge in [-0.05, 0) is 25.0 Å². The molecule has 0 spiro atoms. The van der Waals surface area contributed by atoms with Gasteiger partial charge in [-0.3, -0.25) is 0 Å². The molecule has 0 heterocycles. The monoisotopic (exact) mass is 227 g/mol. The average Bonchev–Trinajstić information content (AvgIpc) is 2.65. The van der Waals surface area contributed by atoms with Gasteiger partial charge in [-0.1, -0.05) is 55.7 Å². The molecule has 0 unspecified atom stereocenters. The van der Waals surface area contributed by atoms with E-state index in [1.807, 2.05) is 18.2 Å². The molecule has 0 bridgehead atoms. The normalized spacial score (nSPS) is 16.9. The van der Waals surface area contributed by atoms with Gasteiger partial charge in [0.25, 0.3) is 0 Å². The maximum absolute atomic E-state index is 3.56. The van der Waals surface area contributed by atoms with E-state index in [9.17, 15) is 0 Å². The Kier molecular flexibility index (Phi) is 5.13. The number of benzene rings is 1. The smallest absolute Gasteiger partial charge is 0.0582 e. The molecule has 17 heavy (non-hydrogen) atoms. The molecular formula is C16H21N. The van der Waals surface area contributed by atoms with Gasteiger partial charge in [0.1, 0.15) is 0 Å². The predicted molar refractivity (Wildman–Crippen MR) is 72.8 cm³/mol. The van der Waals surface area contributed by atoms with E-state index < -0.39 is 0 Å². The Morgan fingerprint density at radius 3 is 2.41 bits per heavy atom. The lowest BCUT2D eigenvalue weighted by molar-refractivity contribution is 0.484. The van der Waals surface area contributed by atoms with E-state index >= 15 is 0 Å². The molecule has 1 saturated carbocycles. The molecule has 0 saturated heterocycles. The maximum atomic E-state index is 3.56. The van der Waals surface area contributed by atoms with Gasteiger partial charge in [-0.2, -0.15) is 0 Å². The van der Waals surface area contributed by atoms with Crippen LogP contribution in [0.4, 0.5) is 0 Å². The quantitative estimate of drug-likeness (QED) is 0.603. The van der Waals surface area contributed by atoms with Crippen molar-refractivity contribution < 1.29 is 0 Å². The molecule has 0 atom stereocenters. The number of hydrogen-bond donors (Lipinski definition) is 1. The first kappa shape index (κ1) is 12.2. The molecule has 0 aliphatic heterocycles. The Balaban J connectivity index is 1.73. The Morgan fingerprint density at radius 2 is 1.71 bits per heavy atom. The summed E-state index contributed by atoms with van der Waals surface area (Å²) in [5.41, 5.74) is 1.11. The molecule has 1 aliphatic carbocycles. The van der Waals surface area contributed by atoms with Crippen LogP contribution in [0, 0.1) is 11.8 Å². The van der Waals surface area contributed by atoms with Crippen LogP contribution in [0.3, 0.4) is 0 Å². The van der Waals surface area contributed by atoms with Crippen LogP contribution < -0.4 is 5.32 Å². The van der Waals surface area contributed by atoms with Gasteiger partial charge in [-0.25, -0.2) is 0 Å². The van der Waals surface area contributed by atoms with E-state index in [0.717, 1.165) is 12.1 Å². The molecule has 1 heteroatoms. The average molecular weight is 227 g/mol. The van der Waals surface area contributed by atoms with Gasteiger partial charge < -0.3 is 5.32 Å². The van der Waals surface area contributed by atoms with E-state index in [-0.39, 0.29) is 0 Å². The molecule has 1 aromatic carbocycles. The first-order valence-electron chi connectivity index (χ1n) is 6.72. The SMILES string of the molecule is C(#Cc1ccccc1)CNC1CCCCCC1. The fourth-order valence-corrected chi connectivity index (χ4v) is 2.35. The van der Waals surface area contributed by atoms with Crippen LogP contribution in [-0.4, -0.2) is 12.6 Å². The molecule has 1 aromatic rings. The van der Waals surface area contributed by atoms with Gasteiger partial charge in [0.05, 0.1) is 6.54 Å². The van der Waals surface area contributed by atoms with Crippen molar-refractivity contribution in [1.82, 2.24) is 5.32 Å². The molecule has 1 fully saturated rings. The molecule has 1 N–H and O–H groups in total. The molecule has 90 valence electrons. The zero-order chi connectivity index (χ0) is 11.8. The Bertz CT molecular complexity index is 364. The first-order valence-corrected chi connectivity index (χ1v) is 6.72. The Labute approximate surface area is 105 Å². The largest absolute Gasteiger partial charge is 0.303 e. The summed E-state index contributed by atoms with van der Waals surface area (Å²) >= 11 is 0. The second kappa shape index (κ2) is 7.14. The highest BCUT2D eigenvalue weighted by atomic mass is 14.9. The molecule has 0 aromatic heterocycles. The van der Waals surface area contributed by atoms with Crippen LogP contribution in [-0.2, 0) is 0 Å². The van der Waals surface area contributed by atoms with Crippen LogP contribution in [0.15, 0.2) is 30.3 Å². The van der Waals surface area contributed by atoms with Crippen molar-refractivity contribution >= 4 is 0 Å². The molecule has 2 rings (SSSR count). The topological polar surface area (TPSA) is 12.0 Å². The maximum Gasteiger partial charge on any atom is 0.0582 e. The summed E-state index contributed by atoms with van der Waals surface area (Å²) in [6.07, 6.45) is 8.23. The van der Waals surface area contributed by atoms with Crippen molar-refractivity contribution in [1.29, 1.82) is 0 Å². The van der Waals surface area contributed by atoms with Gasteiger partial charge in [0, 0.05) is 11.6 Å². The summed E-state index contributed by atoms with van der Waals surface area (Å²) in [5, 5.41) is 3.56. The van der Waals surface area contributed by atoms with Gasteiger partial charge >= 0.3 is 0 Å².